The summed E-state index contributed by atoms with van der Waals surface area (Å²) in [6.07, 6.45) is 1.99. The van der Waals surface area contributed by atoms with Gasteiger partial charge in [-0.3, -0.25) is 4.79 Å². The van der Waals surface area contributed by atoms with E-state index in [0.717, 1.165) is 17.7 Å². The summed E-state index contributed by atoms with van der Waals surface area (Å²) in [5.74, 6) is 0.118. The molecule has 1 rings (SSSR count). The molecular weight excluding hydrogens is 268 g/mol. The first-order valence-corrected chi connectivity index (χ1v) is 7.47. The van der Waals surface area contributed by atoms with Crippen LogP contribution in [0.3, 0.4) is 0 Å². The Balaban J connectivity index is 2.48. The molecule has 0 bridgehead atoms. The van der Waals surface area contributed by atoms with Crippen molar-refractivity contribution < 1.29 is 19.4 Å². The predicted molar refractivity (Wildman–Crippen MR) is 82.7 cm³/mol. The average Bonchev–Trinajstić information content (AvgIpc) is 2.45. The highest BCUT2D eigenvalue weighted by Crippen LogP contribution is 2.22. The summed E-state index contributed by atoms with van der Waals surface area (Å²) in [5, 5.41) is 9.35. The van der Waals surface area contributed by atoms with Crippen LogP contribution >= 0.6 is 0 Å². The molecule has 0 aliphatic rings. The van der Waals surface area contributed by atoms with Gasteiger partial charge < -0.3 is 14.6 Å². The second-order valence-electron chi connectivity index (χ2n) is 5.63. The van der Waals surface area contributed by atoms with Crippen LogP contribution in [-0.2, 0) is 16.0 Å². The zero-order valence-corrected chi connectivity index (χ0v) is 13.2. The monoisotopic (exact) mass is 294 g/mol. The van der Waals surface area contributed by atoms with E-state index in [4.69, 9.17) is 9.47 Å². The summed E-state index contributed by atoms with van der Waals surface area (Å²) in [6.45, 7) is 5.47. The van der Waals surface area contributed by atoms with E-state index in [2.05, 4.69) is 13.8 Å². The maximum Gasteiger partial charge on any atom is 0.306 e. The van der Waals surface area contributed by atoms with E-state index in [1.54, 1.807) is 7.11 Å². The number of aliphatic carboxylic acids is 1. The lowest BCUT2D eigenvalue weighted by Gasteiger charge is -2.15. The fourth-order valence-electron chi connectivity index (χ4n) is 2.10. The molecule has 0 spiro atoms. The van der Waals surface area contributed by atoms with Gasteiger partial charge in [-0.25, -0.2) is 0 Å². The first kappa shape index (κ1) is 17.5. The first-order valence-electron chi connectivity index (χ1n) is 7.47. The molecule has 1 aromatic rings. The molecule has 0 radical (unpaired) electrons. The Kier molecular flexibility index (Phi) is 7.83. The van der Waals surface area contributed by atoms with E-state index in [9.17, 15) is 9.90 Å². The molecule has 1 unspecified atom stereocenters. The van der Waals surface area contributed by atoms with Crippen molar-refractivity contribution in [2.24, 2.45) is 11.8 Å². The maximum absolute atomic E-state index is 11.4. The van der Waals surface area contributed by atoms with Crippen molar-refractivity contribution in [2.45, 2.75) is 33.1 Å². The molecule has 1 atom stereocenters. The minimum Gasteiger partial charge on any atom is -0.496 e. The third-order valence-electron chi connectivity index (χ3n) is 3.46. The predicted octanol–water partition coefficient (Wildman–Crippen LogP) is 3.39. The second-order valence-corrected chi connectivity index (χ2v) is 5.63. The summed E-state index contributed by atoms with van der Waals surface area (Å²) in [5.41, 5.74) is 0.926. The number of carboxylic acids is 1. The number of ether oxygens (including phenoxy) is 2. The van der Waals surface area contributed by atoms with Gasteiger partial charge in [0.25, 0.3) is 0 Å². The molecule has 0 saturated heterocycles. The molecule has 0 aliphatic carbocycles. The third-order valence-corrected chi connectivity index (χ3v) is 3.46. The van der Waals surface area contributed by atoms with Crippen molar-refractivity contribution in [1.82, 2.24) is 0 Å². The topological polar surface area (TPSA) is 55.8 Å². The van der Waals surface area contributed by atoms with Crippen molar-refractivity contribution in [3.05, 3.63) is 29.8 Å². The lowest BCUT2D eigenvalue weighted by atomic mass is 9.96. The van der Waals surface area contributed by atoms with Crippen LogP contribution in [0.1, 0.15) is 32.3 Å². The van der Waals surface area contributed by atoms with Gasteiger partial charge in [0.1, 0.15) is 5.75 Å². The molecule has 1 aromatic carbocycles. The molecule has 4 heteroatoms. The van der Waals surface area contributed by atoms with E-state index in [-0.39, 0.29) is 0 Å². The maximum atomic E-state index is 11.4. The van der Waals surface area contributed by atoms with Gasteiger partial charge >= 0.3 is 5.97 Å². The van der Waals surface area contributed by atoms with E-state index in [1.165, 1.54) is 0 Å². The Morgan fingerprint density at radius 2 is 1.86 bits per heavy atom. The van der Waals surface area contributed by atoms with E-state index in [0.29, 0.717) is 32.0 Å². The minimum atomic E-state index is -0.784. The zero-order chi connectivity index (χ0) is 15.7. The standard InChI is InChI=1S/C17H26O4/c1-13(2)8-10-21-11-9-15(17(18)19)12-14-6-4-5-7-16(14)20-3/h4-7,13,15H,8-12H2,1-3H3,(H,18,19). The third kappa shape index (κ3) is 6.63. The number of hydrogen-bond acceptors (Lipinski definition) is 3. The van der Waals surface area contributed by atoms with Crippen molar-refractivity contribution in [1.29, 1.82) is 0 Å². The highest BCUT2D eigenvalue weighted by atomic mass is 16.5. The molecule has 0 heterocycles. The molecule has 118 valence electrons. The Labute approximate surface area is 127 Å². The van der Waals surface area contributed by atoms with Crippen LogP contribution in [0.2, 0.25) is 0 Å². The smallest absolute Gasteiger partial charge is 0.306 e. The van der Waals surface area contributed by atoms with Gasteiger partial charge in [0.15, 0.2) is 0 Å². The van der Waals surface area contributed by atoms with Crippen LogP contribution in [0.5, 0.6) is 5.75 Å². The summed E-state index contributed by atoms with van der Waals surface area (Å²) < 4.78 is 10.8. The number of benzene rings is 1. The van der Waals surface area contributed by atoms with Gasteiger partial charge in [-0.15, -0.1) is 0 Å². The molecular formula is C17H26O4. The molecule has 0 saturated carbocycles. The molecule has 0 amide bonds. The summed E-state index contributed by atoms with van der Waals surface area (Å²) >= 11 is 0. The second kappa shape index (κ2) is 9.40. The van der Waals surface area contributed by atoms with Gasteiger partial charge in [0.2, 0.25) is 0 Å². The van der Waals surface area contributed by atoms with Crippen molar-refractivity contribution >= 4 is 5.97 Å². The van der Waals surface area contributed by atoms with Gasteiger partial charge in [-0.1, -0.05) is 32.0 Å². The average molecular weight is 294 g/mol. The Morgan fingerprint density at radius 1 is 1.19 bits per heavy atom. The van der Waals surface area contributed by atoms with Gasteiger partial charge in [-0.05, 0) is 36.8 Å². The van der Waals surface area contributed by atoms with Gasteiger partial charge in [-0.2, -0.15) is 0 Å². The first-order chi connectivity index (χ1) is 10.0. The van der Waals surface area contributed by atoms with Crippen molar-refractivity contribution in [3.63, 3.8) is 0 Å². The molecule has 4 nitrogen and oxygen atoms in total. The summed E-state index contributed by atoms with van der Waals surface area (Å²) in [4.78, 5) is 11.4. The number of methoxy groups -OCH3 is 1. The quantitative estimate of drug-likeness (QED) is 0.672. The number of carboxylic acid groups (broad SMARTS) is 1. The lowest BCUT2D eigenvalue weighted by molar-refractivity contribution is -0.142. The van der Waals surface area contributed by atoms with Gasteiger partial charge in [0, 0.05) is 13.2 Å². The van der Waals surface area contributed by atoms with Crippen LogP contribution < -0.4 is 4.74 Å². The number of para-hydroxylation sites is 1. The summed E-state index contributed by atoms with van der Waals surface area (Å²) in [7, 11) is 1.60. The fraction of sp³-hybridized carbons (Fsp3) is 0.588. The number of carbonyl (C=O) groups is 1. The Hall–Kier alpha value is -1.55. The Morgan fingerprint density at radius 3 is 2.48 bits per heavy atom. The molecule has 0 aromatic heterocycles. The van der Waals surface area contributed by atoms with Crippen LogP contribution in [0, 0.1) is 11.8 Å². The summed E-state index contributed by atoms with van der Waals surface area (Å²) in [6, 6.07) is 7.55. The Bertz CT molecular complexity index is 429. The largest absolute Gasteiger partial charge is 0.496 e. The number of rotatable bonds is 10. The van der Waals surface area contributed by atoms with Crippen LogP contribution in [0.4, 0.5) is 0 Å². The highest BCUT2D eigenvalue weighted by molar-refractivity contribution is 5.70. The van der Waals surface area contributed by atoms with Gasteiger partial charge in [0.05, 0.1) is 13.0 Å². The van der Waals surface area contributed by atoms with E-state index < -0.39 is 11.9 Å². The molecule has 0 fully saturated rings. The van der Waals surface area contributed by atoms with Crippen LogP contribution in [0.25, 0.3) is 0 Å². The zero-order valence-electron chi connectivity index (χ0n) is 13.2. The lowest BCUT2D eigenvalue weighted by Crippen LogP contribution is -2.19. The number of hydrogen-bond donors (Lipinski definition) is 1. The SMILES string of the molecule is COc1ccccc1CC(CCOCCC(C)C)C(=O)O. The van der Waals surface area contributed by atoms with Crippen LogP contribution in [-0.4, -0.2) is 31.4 Å². The van der Waals surface area contributed by atoms with Crippen molar-refractivity contribution in [2.75, 3.05) is 20.3 Å². The normalized spacial score (nSPS) is 12.4. The fourth-order valence-corrected chi connectivity index (χ4v) is 2.10. The minimum absolute atomic E-state index is 0.444. The van der Waals surface area contributed by atoms with E-state index in [1.807, 2.05) is 24.3 Å². The molecule has 1 N–H and O–H groups in total. The highest BCUT2D eigenvalue weighted by Gasteiger charge is 2.19. The van der Waals surface area contributed by atoms with E-state index >= 15 is 0 Å². The molecule has 21 heavy (non-hydrogen) atoms. The molecule has 0 aliphatic heterocycles. The van der Waals surface area contributed by atoms with Crippen molar-refractivity contribution in [3.8, 4) is 5.75 Å². The van der Waals surface area contributed by atoms with Crippen LogP contribution in [0.15, 0.2) is 24.3 Å².